The quantitative estimate of drug-likeness (QED) is 0.450. The van der Waals surface area contributed by atoms with E-state index in [4.69, 9.17) is 0 Å². The molecule has 10 nitrogen and oxygen atoms in total. The van der Waals surface area contributed by atoms with Crippen LogP contribution in [0.1, 0.15) is 23.5 Å². The SMILES string of the molecule is Cc1cccc(-n2c(CC3CC(=O)NC(=O)N3)nnc2SCC(=O)Nc2nc(C)cs2)c1. The number of amides is 4. The fourth-order valence-corrected chi connectivity index (χ4v) is 4.74. The van der Waals surface area contributed by atoms with Gasteiger partial charge in [-0.3, -0.25) is 19.5 Å². The van der Waals surface area contributed by atoms with E-state index in [1.807, 2.05) is 48.1 Å². The monoisotopic (exact) mass is 471 g/mol. The number of rotatable bonds is 7. The Morgan fingerprint density at radius 3 is 2.88 bits per heavy atom. The number of imide groups is 1. The lowest BCUT2D eigenvalue weighted by Gasteiger charge is -2.23. The number of benzene rings is 1. The Morgan fingerprint density at radius 1 is 1.31 bits per heavy atom. The van der Waals surface area contributed by atoms with Gasteiger partial charge in [0.1, 0.15) is 5.82 Å². The van der Waals surface area contributed by atoms with Gasteiger partial charge in [0.25, 0.3) is 0 Å². The first-order valence-corrected chi connectivity index (χ1v) is 11.7. The van der Waals surface area contributed by atoms with Gasteiger partial charge in [0.05, 0.1) is 11.4 Å². The van der Waals surface area contributed by atoms with Crippen LogP contribution in [-0.4, -0.2) is 49.4 Å². The fraction of sp³-hybridized carbons (Fsp3) is 0.300. The molecule has 0 aliphatic carbocycles. The van der Waals surface area contributed by atoms with E-state index < -0.39 is 12.1 Å². The molecule has 2 aromatic heterocycles. The number of carbonyl (C=O) groups excluding carboxylic acids is 3. The van der Waals surface area contributed by atoms with Crippen LogP contribution >= 0.6 is 23.1 Å². The molecule has 4 rings (SSSR count). The number of urea groups is 1. The maximum atomic E-state index is 12.4. The van der Waals surface area contributed by atoms with E-state index in [9.17, 15) is 14.4 Å². The molecule has 3 N–H and O–H groups in total. The number of aromatic nitrogens is 4. The van der Waals surface area contributed by atoms with Gasteiger partial charge in [-0.05, 0) is 31.5 Å². The van der Waals surface area contributed by atoms with Crippen molar-refractivity contribution in [1.29, 1.82) is 0 Å². The van der Waals surface area contributed by atoms with Crippen molar-refractivity contribution in [2.75, 3.05) is 11.1 Å². The molecule has 0 spiro atoms. The van der Waals surface area contributed by atoms with Crippen molar-refractivity contribution in [1.82, 2.24) is 30.4 Å². The average molecular weight is 472 g/mol. The fourth-order valence-electron chi connectivity index (χ4n) is 3.27. The van der Waals surface area contributed by atoms with Gasteiger partial charge in [0, 0.05) is 30.0 Å². The highest BCUT2D eigenvalue weighted by Gasteiger charge is 2.27. The number of hydrogen-bond donors (Lipinski definition) is 3. The zero-order valence-corrected chi connectivity index (χ0v) is 19.0. The highest BCUT2D eigenvalue weighted by molar-refractivity contribution is 7.99. The van der Waals surface area contributed by atoms with Gasteiger partial charge in [-0.2, -0.15) is 0 Å². The summed E-state index contributed by atoms with van der Waals surface area (Å²) in [4.78, 5) is 40.0. The van der Waals surface area contributed by atoms with E-state index >= 15 is 0 Å². The Hall–Kier alpha value is -3.25. The van der Waals surface area contributed by atoms with Crippen molar-refractivity contribution in [3.8, 4) is 5.69 Å². The van der Waals surface area contributed by atoms with E-state index in [1.165, 1.54) is 23.1 Å². The van der Waals surface area contributed by atoms with Gasteiger partial charge >= 0.3 is 6.03 Å². The maximum absolute atomic E-state index is 12.4. The molecule has 3 aromatic rings. The molecule has 4 amide bonds. The topological polar surface area (TPSA) is 131 Å². The Balaban J connectivity index is 1.54. The summed E-state index contributed by atoms with van der Waals surface area (Å²) in [5.74, 6) is 0.199. The van der Waals surface area contributed by atoms with Gasteiger partial charge in [0.2, 0.25) is 11.8 Å². The molecule has 0 radical (unpaired) electrons. The van der Waals surface area contributed by atoms with Crippen LogP contribution in [0.15, 0.2) is 34.8 Å². The predicted octanol–water partition coefficient (Wildman–Crippen LogP) is 2.21. The first-order valence-electron chi connectivity index (χ1n) is 9.84. The molecule has 1 unspecified atom stereocenters. The minimum absolute atomic E-state index is 0.130. The Morgan fingerprint density at radius 2 is 2.16 bits per heavy atom. The van der Waals surface area contributed by atoms with Gasteiger partial charge in [-0.1, -0.05) is 23.9 Å². The summed E-state index contributed by atoms with van der Waals surface area (Å²) in [5.41, 5.74) is 2.75. The lowest BCUT2D eigenvalue weighted by Crippen LogP contribution is -2.53. The van der Waals surface area contributed by atoms with Crippen LogP contribution in [0.3, 0.4) is 0 Å². The molecule has 1 aliphatic heterocycles. The van der Waals surface area contributed by atoms with E-state index in [0.717, 1.165) is 16.9 Å². The number of anilines is 1. The van der Waals surface area contributed by atoms with Gasteiger partial charge in [-0.15, -0.1) is 21.5 Å². The second-order valence-electron chi connectivity index (χ2n) is 7.33. The van der Waals surface area contributed by atoms with E-state index in [-0.39, 0.29) is 24.0 Å². The number of nitrogens with one attached hydrogen (secondary N) is 3. The van der Waals surface area contributed by atoms with Crippen LogP contribution in [0.4, 0.5) is 9.93 Å². The average Bonchev–Trinajstić information content (AvgIpc) is 3.31. The van der Waals surface area contributed by atoms with Crippen LogP contribution in [0.25, 0.3) is 5.69 Å². The number of thiazole rings is 1. The molecule has 1 fully saturated rings. The van der Waals surface area contributed by atoms with Crippen molar-refractivity contribution in [3.63, 3.8) is 0 Å². The number of aryl methyl sites for hydroxylation is 2. The molecular formula is C20H21N7O3S2. The van der Waals surface area contributed by atoms with Gasteiger partial charge in [0.15, 0.2) is 10.3 Å². The van der Waals surface area contributed by atoms with Gasteiger partial charge < -0.3 is 10.6 Å². The molecule has 1 aromatic carbocycles. The lowest BCUT2D eigenvalue weighted by molar-refractivity contribution is -0.121. The van der Waals surface area contributed by atoms with Crippen LogP contribution in [-0.2, 0) is 16.0 Å². The molecule has 32 heavy (non-hydrogen) atoms. The van der Waals surface area contributed by atoms with E-state index in [1.54, 1.807) is 0 Å². The molecule has 12 heteroatoms. The van der Waals surface area contributed by atoms with Crippen molar-refractivity contribution in [2.45, 2.75) is 37.9 Å². The maximum Gasteiger partial charge on any atom is 0.321 e. The van der Waals surface area contributed by atoms with Crippen molar-refractivity contribution >= 4 is 46.1 Å². The Kier molecular flexibility index (Phi) is 6.51. The summed E-state index contributed by atoms with van der Waals surface area (Å²) in [6, 6.07) is 6.91. The largest absolute Gasteiger partial charge is 0.334 e. The third-order valence-electron chi connectivity index (χ3n) is 4.61. The molecule has 1 aliphatic rings. The van der Waals surface area contributed by atoms with Crippen molar-refractivity contribution in [2.24, 2.45) is 0 Å². The third-order valence-corrected chi connectivity index (χ3v) is 6.41. The Bertz CT molecular complexity index is 1160. The van der Waals surface area contributed by atoms with Crippen molar-refractivity contribution < 1.29 is 14.4 Å². The molecule has 3 heterocycles. The summed E-state index contributed by atoms with van der Waals surface area (Å²) in [6.45, 7) is 3.85. The van der Waals surface area contributed by atoms with Crippen LogP contribution < -0.4 is 16.0 Å². The molecule has 1 saturated heterocycles. The molecule has 166 valence electrons. The Labute approximate surface area is 192 Å². The number of hydrogen-bond acceptors (Lipinski definition) is 8. The highest BCUT2D eigenvalue weighted by atomic mass is 32.2. The summed E-state index contributed by atoms with van der Waals surface area (Å²) in [5, 5.41) is 19.3. The summed E-state index contributed by atoms with van der Waals surface area (Å²) in [7, 11) is 0. The second kappa shape index (κ2) is 9.49. The first-order chi connectivity index (χ1) is 15.4. The lowest BCUT2D eigenvalue weighted by atomic mass is 10.1. The zero-order chi connectivity index (χ0) is 22.7. The molecule has 0 saturated carbocycles. The van der Waals surface area contributed by atoms with E-state index in [2.05, 4.69) is 31.1 Å². The summed E-state index contributed by atoms with van der Waals surface area (Å²) in [6.07, 6.45) is 0.482. The smallest absolute Gasteiger partial charge is 0.321 e. The number of carbonyl (C=O) groups is 3. The molecule has 0 bridgehead atoms. The second-order valence-corrected chi connectivity index (χ2v) is 9.13. The van der Waals surface area contributed by atoms with Crippen LogP contribution in [0, 0.1) is 13.8 Å². The predicted molar refractivity (Wildman–Crippen MR) is 121 cm³/mol. The van der Waals surface area contributed by atoms with Gasteiger partial charge in [-0.25, -0.2) is 9.78 Å². The van der Waals surface area contributed by atoms with Crippen LogP contribution in [0.2, 0.25) is 0 Å². The summed E-state index contributed by atoms with van der Waals surface area (Å²) < 4.78 is 1.86. The van der Waals surface area contributed by atoms with E-state index in [0.29, 0.717) is 22.5 Å². The number of nitrogens with zero attached hydrogens (tertiary/aromatic N) is 4. The zero-order valence-electron chi connectivity index (χ0n) is 17.4. The molecular weight excluding hydrogens is 450 g/mol. The van der Waals surface area contributed by atoms with Crippen LogP contribution in [0.5, 0.6) is 0 Å². The summed E-state index contributed by atoms with van der Waals surface area (Å²) >= 11 is 2.63. The highest BCUT2D eigenvalue weighted by Crippen LogP contribution is 2.24. The minimum Gasteiger partial charge on any atom is -0.334 e. The first kappa shape index (κ1) is 22.0. The third kappa shape index (κ3) is 5.32. The minimum atomic E-state index is -0.517. The number of thioether (sulfide) groups is 1. The molecule has 1 atom stereocenters. The van der Waals surface area contributed by atoms with Crippen molar-refractivity contribution in [3.05, 3.63) is 46.7 Å². The standard InChI is InChI=1S/C20H21N7O3S2/c1-11-4-3-5-14(6-11)27-15(7-13-8-16(28)23-18(30)22-13)25-26-20(27)32-10-17(29)24-19-21-12(2)9-31-19/h3-6,9,13H,7-8,10H2,1-2H3,(H,21,24,29)(H2,22,23,28,30). The normalized spacial score (nSPS) is 15.9.